The number of sulfonamides is 1. The lowest BCUT2D eigenvalue weighted by molar-refractivity contribution is 0.0968. The third-order valence-electron chi connectivity index (χ3n) is 7.60. The lowest BCUT2D eigenvalue weighted by atomic mass is 9.99. The van der Waals surface area contributed by atoms with Gasteiger partial charge in [0.25, 0.3) is 15.9 Å². The van der Waals surface area contributed by atoms with Crippen molar-refractivity contribution in [1.29, 1.82) is 0 Å². The number of fused-ring (bicyclic) bond motifs is 1. The van der Waals surface area contributed by atoms with Crippen molar-refractivity contribution < 1.29 is 17.9 Å². The minimum Gasteiger partial charge on any atom is -0.497 e. The first-order chi connectivity index (χ1) is 21.2. The molecule has 5 aromatic rings. The summed E-state index contributed by atoms with van der Waals surface area (Å²) in [5.41, 5.74) is 4.99. The standard InChI is InChI=1S/C35H30BrN3O4S/c1-24-8-14-28(15-9-24)37-44(41,42)31-20-21-33-32(22-31)35(40)39(29-16-18-30(43-2)19-17-29)34(26-10-12-27(36)13-11-26)38(33)23-25-6-4-3-5-7-25/h3-22,34,37H,23H2,1-2H3/t34-/m1/s1. The van der Waals surface area contributed by atoms with Crippen LogP contribution in [0.3, 0.4) is 0 Å². The molecule has 1 aliphatic heterocycles. The van der Waals surface area contributed by atoms with Gasteiger partial charge in [0.1, 0.15) is 11.9 Å². The van der Waals surface area contributed by atoms with Gasteiger partial charge in [-0.2, -0.15) is 0 Å². The van der Waals surface area contributed by atoms with Gasteiger partial charge >= 0.3 is 0 Å². The quantitative estimate of drug-likeness (QED) is 0.182. The third kappa shape index (κ3) is 5.93. The summed E-state index contributed by atoms with van der Waals surface area (Å²) in [5.74, 6) is 0.352. The van der Waals surface area contributed by atoms with E-state index in [1.165, 1.54) is 6.07 Å². The van der Waals surface area contributed by atoms with E-state index in [9.17, 15) is 13.2 Å². The van der Waals surface area contributed by atoms with Gasteiger partial charge in [0, 0.05) is 22.4 Å². The van der Waals surface area contributed by atoms with Gasteiger partial charge in [0.2, 0.25) is 0 Å². The van der Waals surface area contributed by atoms with E-state index < -0.39 is 16.2 Å². The molecule has 1 heterocycles. The molecule has 1 amide bonds. The first kappa shape index (κ1) is 29.5. The molecule has 0 spiro atoms. The molecular formula is C35H30BrN3O4S. The lowest BCUT2D eigenvalue weighted by Crippen LogP contribution is -2.49. The normalized spacial score (nSPS) is 14.7. The van der Waals surface area contributed by atoms with Crippen molar-refractivity contribution in [3.05, 3.63) is 148 Å². The molecule has 9 heteroatoms. The van der Waals surface area contributed by atoms with Gasteiger partial charge in [-0.1, -0.05) is 76.1 Å². The minimum absolute atomic E-state index is 0.00149. The number of benzene rings is 5. The average molecular weight is 669 g/mol. The molecule has 1 N–H and O–H groups in total. The van der Waals surface area contributed by atoms with E-state index in [1.807, 2.05) is 97.9 Å². The Kier molecular flexibility index (Phi) is 8.16. The summed E-state index contributed by atoms with van der Waals surface area (Å²) < 4.78 is 36.0. The molecule has 0 saturated carbocycles. The maximum atomic E-state index is 14.5. The molecule has 0 fully saturated rings. The largest absolute Gasteiger partial charge is 0.497 e. The van der Waals surface area contributed by atoms with Crippen molar-refractivity contribution in [2.45, 2.75) is 24.5 Å². The van der Waals surface area contributed by atoms with Gasteiger partial charge in [-0.15, -0.1) is 0 Å². The Hall–Kier alpha value is -4.60. The van der Waals surface area contributed by atoms with Crippen LogP contribution in [0.2, 0.25) is 0 Å². The van der Waals surface area contributed by atoms with Gasteiger partial charge in [-0.05, 0) is 84.8 Å². The molecule has 0 bridgehead atoms. The zero-order valence-corrected chi connectivity index (χ0v) is 26.5. The van der Waals surface area contributed by atoms with E-state index in [-0.39, 0.29) is 16.4 Å². The SMILES string of the molecule is COc1ccc(N2C(=O)c3cc(S(=O)(=O)Nc4ccc(C)cc4)ccc3N(Cc3ccccc3)[C@H]2c2ccc(Br)cc2)cc1. The second-order valence-corrected chi connectivity index (χ2v) is 13.2. The Balaban J connectivity index is 1.51. The van der Waals surface area contributed by atoms with Gasteiger partial charge in [0.05, 0.1) is 23.3 Å². The molecular weight excluding hydrogens is 638 g/mol. The monoisotopic (exact) mass is 667 g/mol. The maximum Gasteiger partial charge on any atom is 0.262 e. The number of rotatable bonds is 8. The summed E-state index contributed by atoms with van der Waals surface area (Å²) in [7, 11) is -2.39. The highest BCUT2D eigenvalue weighted by atomic mass is 79.9. The summed E-state index contributed by atoms with van der Waals surface area (Å²) in [5, 5.41) is 0. The van der Waals surface area contributed by atoms with Crippen molar-refractivity contribution in [1.82, 2.24) is 0 Å². The number of hydrogen-bond donors (Lipinski definition) is 1. The fraction of sp³-hybridized carbons (Fsp3) is 0.114. The fourth-order valence-corrected chi connectivity index (χ4v) is 6.72. The zero-order chi connectivity index (χ0) is 30.8. The summed E-state index contributed by atoms with van der Waals surface area (Å²) in [4.78, 5) is 18.4. The van der Waals surface area contributed by atoms with Gasteiger partial charge in [0.15, 0.2) is 0 Å². The molecule has 6 rings (SSSR count). The Morgan fingerprint density at radius 3 is 2.18 bits per heavy atom. The van der Waals surface area contributed by atoms with E-state index >= 15 is 0 Å². The molecule has 0 unspecified atom stereocenters. The van der Waals surface area contributed by atoms with E-state index in [0.29, 0.717) is 29.4 Å². The number of carbonyl (C=O) groups is 1. The summed E-state index contributed by atoms with van der Waals surface area (Å²) >= 11 is 3.53. The molecule has 0 saturated heterocycles. The number of aryl methyl sites for hydroxylation is 1. The highest BCUT2D eigenvalue weighted by Gasteiger charge is 2.40. The molecule has 44 heavy (non-hydrogen) atoms. The Morgan fingerprint density at radius 2 is 1.52 bits per heavy atom. The smallest absolute Gasteiger partial charge is 0.262 e. The number of nitrogens with zero attached hydrogens (tertiary/aromatic N) is 2. The highest BCUT2D eigenvalue weighted by molar-refractivity contribution is 9.10. The van der Waals surface area contributed by atoms with Gasteiger partial charge < -0.3 is 9.64 Å². The second-order valence-electron chi connectivity index (χ2n) is 10.6. The van der Waals surface area contributed by atoms with E-state index in [0.717, 1.165) is 21.2 Å². The first-order valence-corrected chi connectivity index (χ1v) is 16.3. The second kappa shape index (κ2) is 12.2. The predicted octanol–water partition coefficient (Wildman–Crippen LogP) is 7.93. The van der Waals surface area contributed by atoms with E-state index in [2.05, 4.69) is 25.6 Å². The number of carbonyl (C=O) groups excluding carboxylic acids is 1. The van der Waals surface area contributed by atoms with Crippen molar-refractivity contribution in [2.24, 2.45) is 0 Å². The average Bonchev–Trinajstić information content (AvgIpc) is 3.04. The number of methoxy groups -OCH3 is 1. The van der Waals surface area contributed by atoms with Crippen LogP contribution in [-0.4, -0.2) is 21.4 Å². The molecule has 7 nitrogen and oxygen atoms in total. The highest BCUT2D eigenvalue weighted by Crippen LogP contribution is 2.43. The Morgan fingerprint density at radius 1 is 0.841 bits per heavy atom. The van der Waals surface area contributed by atoms with Crippen LogP contribution in [0, 0.1) is 6.92 Å². The zero-order valence-electron chi connectivity index (χ0n) is 24.1. The number of anilines is 3. The summed E-state index contributed by atoms with van der Waals surface area (Å²) in [6.45, 7) is 2.41. The lowest BCUT2D eigenvalue weighted by Gasteiger charge is -2.46. The van der Waals surface area contributed by atoms with Crippen LogP contribution in [0.1, 0.15) is 33.2 Å². The van der Waals surface area contributed by atoms with Crippen molar-refractivity contribution in [3.8, 4) is 5.75 Å². The minimum atomic E-state index is -3.98. The molecule has 0 aliphatic carbocycles. The molecule has 0 aromatic heterocycles. The Bertz CT molecular complexity index is 1900. The van der Waals surface area contributed by atoms with E-state index in [4.69, 9.17) is 4.74 Å². The summed E-state index contributed by atoms with van der Waals surface area (Å²) in [6, 6.07) is 37.1. The van der Waals surface area contributed by atoms with Gasteiger partial charge in [-0.3, -0.25) is 14.4 Å². The fourth-order valence-electron chi connectivity index (χ4n) is 5.37. The van der Waals surface area contributed by atoms with Crippen molar-refractivity contribution >= 4 is 48.9 Å². The van der Waals surface area contributed by atoms with Gasteiger partial charge in [-0.25, -0.2) is 8.42 Å². The molecule has 0 radical (unpaired) electrons. The maximum absolute atomic E-state index is 14.5. The summed E-state index contributed by atoms with van der Waals surface area (Å²) in [6.07, 6.45) is -0.523. The van der Waals surface area contributed by atoms with Crippen LogP contribution in [0.15, 0.2) is 131 Å². The first-order valence-electron chi connectivity index (χ1n) is 14.0. The number of ether oxygens (including phenoxy) is 1. The van der Waals surface area contributed by atoms with E-state index in [1.54, 1.807) is 36.3 Å². The Labute approximate surface area is 265 Å². The predicted molar refractivity (Wildman–Crippen MR) is 178 cm³/mol. The van der Waals surface area contributed by atoms with Crippen LogP contribution >= 0.6 is 15.9 Å². The number of halogens is 1. The van der Waals surface area contributed by atoms with Crippen molar-refractivity contribution in [2.75, 3.05) is 21.6 Å². The number of hydrogen-bond acceptors (Lipinski definition) is 5. The number of nitrogens with one attached hydrogen (secondary N) is 1. The third-order valence-corrected chi connectivity index (χ3v) is 9.50. The topological polar surface area (TPSA) is 78.9 Å². The molecule has 1 aliphatic rings. The molecule has 5 aromatic carbocycles. The van der Waals surface area contributed by atoms with Crippen LogP contribution < -0.4 is 19.3 Å². The molecule has 222 valence electrons. The van der Waals surface area contributed by atoms with Crippen LogP contribution in [0.25, 0.3) is 0 Å². The van der Waals surface area contributed by atoms with Crippen LogP contribution in [0.5, 0.6) is 5.75 Å². The van der Waals surface area contributed by atoms with Crippen molar-refractivity contribution in [3.63, 3.8) is 0 Å². The molecule has 1 atom stereocenters. The van der Waals surface area contributed by atoms with Crippen LogP contribution in [-0.2, 0) is 16.6 Å². The number of amides is 1. The van der Waals surface area contributed by atoms with Crippen LogP contribution in [0.4, 0.5) is 17.1 Å².